The number of amides is 1. The molecule has 0 saturated heterocycles. The average molecular weight is 263 g/mol. The summed E-state index contributed by atoms with van der Waals surface area (Å²) in [4.78, 5) is 11.9. The zero-order valence-electron chi connectivity index (χ0n) is 11.4. The molecule has 0 fully saturated rings. The summed E-state index contributed by atoms with van der Waals surface area (Å²) in [5.74, 6) is 0.240. The second kappa shape index (κ2) is 5.61. The van der Waals surface area contributed by atoms with Crippen LogP contribution in [0.25, 0.3) is 0 Å². The van der Waals surface area contributed by atoms with E-state index in [9.17, 15) is 15.0 Å². The van der Waals surface area contributed by atoms with Crippen molar-refractivity contribution in [3.63, 3.8) is 0 Å². The molecule has 1 amide bonds. The largest absolute Gasteiger partial charge is 0.508 e. The summed E-state index contributed by atoms with van der Waals surface area (Å²) < 4.78 is 0. The van der Waals surface area contributed by atoms with Gasteiger partial charge in [0.05, 0.1) is 18.6 Å². The van der Waals surface area contributed by atoms with Crippen molar-refractivity contribution in [1.29, 1.82) is 0 Å². The third-order valence-electron chi connectivity index (χ3n) is 3.75. The molecule has 1 aromatic rings. The highest BCUT2D eigenvalue weighted by atomic mass is 16.3. The van der Waals surface area contributed by atoms with Gasteiger partial charge in [-0.15, -0.1) is 0 Å². The van der Waals surface area contributed by atoms with Gasteiger partial charge in [-0.05, 0) is 36.0 Å². The second-order valence-electron chi connectivity index (χ2n) is 5.52. The van der Waals surface area contributed by atoms with Gasteiger partial charge in [-0.3, -0.25) is 4.79 Å². The van der Waals surface area contributed by atoms with Crippen LogP contribution in [-0.2, 0) is 11.2 Å². The number of phenolic OH excluding ortho intramolecular Hbond substituents is 1. The van der Waals surface area contributed by atoms with Gasteiger partial charge in [0.15, 0.2) is 0 Å². The van der Waals surface area contributed by atoms with Crippen LogP contribution in [0.1, 0.15) is 43.9 Å². The minimum Gasteiger partial charge on any atom is -0.508 e. The summed E-state index contributed by atoms with van der Waals surface area (Å²) in [6.07, 6.45) is 1.10. The predicted octanol–water partition coefficient (Wildman–Crippen LogP) is 1.90. The molecule has 0 bridgehead atoms. The Balaban J connectivity index is 2.00. The molecule has 0 radical (unpaired) electrons. The van der Waals surface area contributed by atoms with E-state index in [4.69, 9.17) is 0 Å². The van der Waals surface area contributed by atoms with Crippen molar-refractivity contribution in [1.82, 2.24) is 5.32 Å². The lowest BCUT2D eigenvalue weighted by Gasteiger charge is -2.18. The van der Waals surface area contributed by atoms with Gasteiger partial charge in [0, 0.05) is 0 Å². The van der Waals surface area contributed by atoms with E-state index in [2.05, 4.69) is 5.32 Å². The molecule has 4 heteroatoms. The smallest absolute Gasteiger partial charge is 0.223 e. The Bertz CT molecular complexity index is 470. The fourth-order valence-electron chi connectivity index (χ4n) is 2.46. The Kier molecular flexibility index (Phi) is 4.10. The van der Waals surface area contributed by atoms with Crippen LogP contribution in [0.4, 0.5) is 0 Å². The number of benzene rings is 1. The Morgan fingerprint density at radius 1 is 1.47 bits per heavy atom. The molecule has 0 heterocycles. The molecular weight excluding hydrogens is 242 g/mol. The molecule has 0 aliphatic heterocycles. The van der Waals surface area contributed by atoms with E-state index in [1.165, 1.54) is 0 Å². The number of hydrogen-bond acceptors (Lipinski definition) is 3. The van der Waals surface area contributed by atoms with Crippen molar-refractivity contribution in [3.05, 3.63) is 29.3 Å². The molecule has 1 aliphatic carbocycles. The second-order valence-corrected chi connectivity index (χ2v) is 5.52. The highest BCUT2D eigenvalue weighted by molar-refractivity contribution is 5.77. The summed E-state index contributed by atoms with van der Waals surface area (Å²) in [5.41, 5.74) is 1.92. The van der Waals surface area contributed by atoms with Crippen molar-refractivity contribution >= 4 is 5.91 Å². The Labute approximate surface area is 113 Å². The van der Waals surface area contributed by atoms with Crippen molar-refractivity contribution < 1.29 is 15.0 Å². The summed E-state index contributed by atoms with van der Waals surface area (Å²) in [6, 6.07) is 5.35. The van der Waals surface area contributed by atoms with Crippen molar-refractivity contribution in [2.45, 2.75) is 45.3 Å². The number of carbonyl (C=O) groups is 1. The molecule has 0 spiro atoms. The molecule has 0 saturated carbocycles. The summed E-state index contributed by atoms with van der Waals surface area (Å²) in [6.45, 7) is 3.78. The van der Waals surface area contributed by atoms with Crippen LogP contribution in [0.2, 0.25) is 0 Å². The van der Waals surface area contributed by atoms with E-state index in [1.807, 2.05) is 19.9 Å². The fourth-order valence-corrected chi connectivity index (χ4v) is 2.46. The van der Waals surface area contributed by atoms with Crippen LogP contribution in [0, 0.1) is 5.92 Å². The van der Waals surface area contributed by atoms with Gasteiger partial charge in [-0.2, -0.15) is 0 Å². The molecule has 19 heavy (non-hydrogen) atoms. The summed E-state index contributed by atoms with van der Waals surface area (Å²) in [7, 11) is 0. The van der Waals surface area contributed by atoms with E-state index in [0.29, 0.717) is 5.75 Å². The number of phenols is 1. The molecule has 1 aromatic carbocycles. The third-order valence-corrected chi connectivity index (χ3v) is 3.75. The Morgan fingerprint density at radius 3 is 2.89 bits per heavy atom. The van der Waals surface area contributed by atoms with Gasteiger partial charge >= 0.3 is 0 Å². The number of rotatable bonds is 4. The Morgan fingerprint density at radius 2 is 2.21 bits per heavy atom. The first kappa shape index (κ1) is 13.9. The number of carbonyl (C=O) groups excluding carboxylic acids is 1. The number of fused-ring (bicyclic) bond motifs is 1. The first-order valence-corrected chi connectivity index (χ1v) is 6.77. The number of aliphatic hydroxyl groups excluding tert-OH is 1. The van der Waals surface area contributed by atoms with Crippen LogP contribution in [-0.4, -0.2) is 22.2 Å². The standard InChI is InChI=1S/C15H21NO3/c1-9(2)14(18)8-15(19)16-12-7-6-11-10(12)4-3-5-13(11)17/h3-5,9,12,14,17-18H,6-8H2,1-2H3,(H,16,19). The number of hydrogen-bond donors (Lipinski definition) is 3. The highest BCUT2D eigenvalue weighted by Gasteiger charge is 2.26. The van der Waals surface area contributed by atoms with Crippen molar-refractivity contribution in [3.8, 4) is 5.75 Å². The van der Waals surface area contributed by atoms with Crippen molar-refractivity contribution in [2.24, 2.45) is 5.92 Å². The predicted molar refractivity (Wildman–Crippen MR) is 72.8 cm³/mol. The molecule has 2 unspecified atom stereocenters. The highest BCUT2D eigenvalue weighted by Crippen LogP contribution is 2.36. The molecule has 3 N–H and O–H groups in total. The van der Waals surface area contributed by atoms with E-state index in [-0.39, 0.29) is 24.3 Å². The van der Waals surface area contributed by atoms with Gasteiger partial charge in [0.1, 0.15) is 5.75 Å². The fraction of sp³-hybridized carbons (Fsp3) is 0.533. The minimum atomic E-state index is -0.606. The molecule has 2 atom stereocenters. The Hall–Kier alpha value is -1.55. The first-order chi connectivity index (χ1) is 8.99. The van der Waals surface area contributed by atoms with E-state index < -0.39 is 6.10 Å². The molecular formula is C15H21NO3. The maximum atomic E-state index is 11.9. The zero-order valence-corrected chi connectivity index (χ0v) is 11.4. The molecule has 2 rings (SSSR count). The molecule has 0 aromatic heterocycles. The van der Waals surface area contributed by atoms with Gasteiger partial charge in [0.25, 0.3) is 0 Å². The topological polar surface area (TPSA) is 69.6 Å². The van der Waals surface area contributed by atoms with E-state index in [0.717, 1.165) is 24.0 Å². The number of aliphatic hydroxyl groups is 1. The zero-order chi connectivity index (χ0) is 14.0. The minimum absolute atomic E-state index is 0.0473. The third kappa shape index (κ3) is 3.07. The number of nitrogens with one attached hydrogen (secondary N) is 1. The first-order valence-electron chi connectivity index (χ1n) is 6.77. The average Bonchev–Trinajstić information content (AvgIpc) is 2.73. The maximum Gasteiger partial charge on any atom is 0.223 e. The van der Waals surface area contributed by atoms with Gasteiger partial charge in [-0.25, -0.2) is 0 Å². The SMILES string of the molecule is CC(C)C(O)CC(=O)NC1CCc2c(O)cccc21. The molecule has 104 valence electrons. The van der Waals surface area contributed by atoms with Crippen LogP contribution in [0.15, 0.2) is 18.2 Å². The van der Waals surface area contributed by atoms with Crippen LogP contribution in [0.3, 0.4) is 0 Å². The summed E-state index contributed by atoms with van der Waals surface area (Å²) in [5, 5.41) is 22.4. The maximum absolute atomic E-state index is 11.9. The quantitative estimate of drug-likeness (QED) is 0.777. The lowest BCUT2D eigenvalue weighted by atomic mass is 10.0. The van der Waals surface area contributed by atoms with Gasteiger partial charge < -0.3 is 15.5 Å². The molecule has 1 aliphatic rings. The van der Waals surface area contributed by atoms with Crippen LogP contribution < -0.4 is 5.32 Å². The van der Waals surface area contributed by atoms with Gasteiger partial charge in [-0.1, -0.05) is 26.0 Å². The van der Waals surface area contributed by atoms with E-state index in [1.54, 1.807) is 12.1 Å². The monoisotopic (exact) mass is 263 g/mol. The molecule has 4 nitrogen and oxygen atoms in total. The van der Waals surface area contributed by atoms with Crippen LogP contribution in [0.5, 0.6) is 5.75 Å². The van der Waals surface area contributed by atoms with Crippen LogP contribution >= 0.6 is 0 Å². The lowest BCUT2D eigenvalue weighted by molar-refractivity contribution is -0.124. The number of aromatic hydroxyl groups is 1. The summed E-state index contributed by atoms with van der Waals surface area (Å²) >= 11 is 0. The van der Waals surface area contributed by atoms with Gasteiger partial charge in [0.2, 0.25) is 5.91 Å². The normalized spacial score (nSPS) is 19.3. The van der Waals surface area contributed by atoms with Crippen molar-refractivity contribution in [2.75, 3.05) is 0 Å². The van der Waals surface area contributed by atoms with E-state index >= 15 is 0 Å². The lowest BCUT2D eigenvalue weighted by Crippen LogP contribution is -2.31.